The van der Waals surface area contributed by atoms with Crippen molar-refractivity contribution in [1.29, 1.82) is 0 Å². The molecule has 0 aliphatic carbocycles. The molecule has 0 unspecified atom stereocenters. The van der Waals surface area contributed by atoms with E-state index in [9.17, 15) is 0 Å². The molecular formula is C19H28N6S. The van der Waals surface area contributed by atoms with Gasteiger partial charge in [0.05, 0.1) is 6.54 Å². The van der Waals surface area contributed by atoms with Gasteiger partial charge >= 0.3 is 0 Å². The first-order valence-electron chi connectivity index (χ1n) is 9.36. The zero-order valence-corrected chi connectivity index (χ0v) is 16.7. The number of hydrogen-bond acceptors (Lipinski definition) is 5. The average Bonchev–Trinajstić information content (AvgIpc) is 3.15. The number of aromatic nitrogens is 2. The van der Waals surface area contributed by atoms with Gasteiger partial charge in [0.1, 0.15) is 5.82 Å². The lowest BCUT2D eigenvalue weighted by atomic mass is 10.1. The van der Waals surface area contributed by atoms with Crippen LogP contribution in [0.4, 0.5) is 5.13 Å². The van der Waals surface area contributed by atoms with Gasteiger partial charge < -0.3 is 15.1 Å². The van der Waals surface area contributed by atoms with Crippen LogP contribution in [0.1, 0.15) is 30.8 Å². The summed E-state index contributed by atoms with van der Waals surface area (Å²) in [5.41, 5.74) is 2.53. The predicted molar refractivity (Wildman–Crippen MR) is 109 cm³/mol. The summed E-state index contributed by atoms with van der Waals surface area (Å²) in [5, 5.41) is 4.48. The monoisotopic (exact) mass is 372 g/mol. The molecule has 1 aromatic heterocycles. The normalized spacial score (nSPS) is 15.4. The van der Waals surface area contributed by atoms with Crippen molar-refractivity contribution < 1.29 is 0 Å². The van der Waals surface area contributed by atoms with Crippen LogP contribution >= 0.6 is 11.5 Å². The first kappa shape index (κ1) is 18.6. The van der Waals surface area contributed by atoms with Crippen LogP contribution in [0.3, 0.4) is 0 Å². The molecule has 1 aliphatic heterocycles. The van der Waals surface area contributed by atoms with Crippen LogP contribution in [0, 0.1) is 6.92 Å². The maximum absolute atomic E-state index is 4.85. The summed E-state index contributed by atoms with van der Waals surface area (Å²) in [6, 6.07) is 8.55. The van der Waals surface area contributed by atoms with Gasteiger partial charge in [-0.2, -0.15) is 4.37 Å². The predicted octanol–water partition coefficient (Wildman–Crippen LogP) is 2.70. The molecule has 1 saturated heterocycles. The fourth-order valence-corrected chi connectivity index (χ4v) is 3.83. The average molecular weight is 373 g/mol. The molecule has 3 rings (SSSR count). The molecule has 0 saturated carbocycles. The first-order chi connectivity index (χ1) is 12.7. The lowest BCUT2D eigenvalue weighted by molar-refractivity contribution is 0.372. The van der Waals surface area contributed by atoms with E-state index in [-0.39, 0.29) is 0 Å². The Balaban J connectivity index is 1.61. The molecular weight excluding hydrogens is 344 g/mol. The van der Waals surface area contributed by atoms with E-state index in [1.54, 1.807) is 0 Å². The highest BCUT2D eigenvalue weighted by Crippen LogP contribution is 2.19. The van der Waals surface area contributed by atoms with E-state index in [1.165, 1.54) is 22.7 Å². The summed E-state index contributed by atoms with van der Waals surface area (Å²) in [6.45, 7) is 11.7. The van der Waals surface area contributed by atoms with Crippen LogP contribution < -0.4 is 10.2 Å². The van der Waals surface area contributed by atoms with Crippen LogP contribution in [0.25, 0.3) is 0 Å². The number of aliphatic imine (C=N–C) groups is 1. The molecule has 0 bridgehead atoms. The summed E-state index contributed by atoms with van der Waals surface area (Å²) < 4.78 is 4.40. The van der Waals surface area contributed by atoms with E-state index in [0.29, 0.717) is 6.54 Å². The minimum absolute atomic E-state index is 0.709. The fourth-order valence-electron chi connectivity index (χ4n) is 3.03. The summed E-state index contributed by atoms with van der Waals surface area (Å²) in [6.07, 6.45) is 0.895. The van der Waals surface area contributed by atoms with Gasteiger partial charge in [0.25, 0.3) is 0 Å². The van der Waals surface area contributed by atoms with Crippen molar-refractivity contribution in [2.75, 3.05) is 37.6 Å². The van der Waals surface area contributed by atoms with E-state index < -0.39 is 0 Å². The molecule has 6 nitrogen and oxygen atoms in total. The Kier molecular flexibility index (Phi) is 6.44. The van der Waals surface area contributed by atoms with Gasteiger partial charge in [-0.15, -0.1) is 0 Å². The third kappa shape index (κ3) is 4.72. The van der Waals surface area contributed by atoms with Crippen LogP contribution in [0.15, 0.2) is 29.3 Å². The molecule has 0 radical (unpaired) electrons. The molecule has 140 valence electrons. The number of aryl methyl sites for hydroxylation is 2. The van der Waals surface area contributed by atoms with E-state index in [2.05, 4.69) is 69.5 Å². The Morgan fingerprint density at radius 3 is 2.69 bits per heavy atom. The van der Waals surface area contributed by atoms with Gasteiger partial charge in [0.2, 0.25) is 5.13 Å². The quantitative estimate of drug-likeness (QED) is 0.646. The Morgan fingerprint density at radius 2 is 2.04 bits per heavy atom. The highest BCUT2D eigenvalue weighted by Gasteiger charge is 2.22. The van der Waals surface area contributed by atoms with Gasteiger partial charge in [0, 0.05) is 50.7 Å². The summed E-state index contributed by atoms with van der Waals surface area (Å²) in [5.74, 6) is 1.95. The number of guanidine groups is 1. The van der Waals surface area contributed by atoms with Gasteiger partial charge in [-0.25, -0.2) is 9.98 Å². The van der Waals surface area contributed by atoms with E-state index in [1.807, 2.05) is 0 Å². The number of anilines is 1. The third-order valence-electron chi connectivity index (χ3n) is 4.45. The zero-order chi connectivity index (χ0) is 18.4. The van der Waals surface area contributed by atoms with E-state index in [0.717, 1.165) is 56.1 Å². The van der Waals surface area contributed by atoms with Crippen molar-refractivity contribution in [1.82, 2.24) is 19.6 Å². The lowest BCUT2D eigenvalue weighted by Crippen LogP contribution is -2.52. The molecule has 1 aliphatic rings. The maximum Gasteiger partial charge on any atom is 0.205 e. The number of nitrogens with zero attached hydrogens (tertiary/aromatic N) is 5. The van der Waals surface area contributed by atoms with Gasteiger partial charge in [-0.3, -0.25) is 0 Å². The third-order valence-corrected chi connectivity index (χ3v) is 5.27. The van der Waals surface area contributed by atoms with Crippen molar-refractivity contribution in [3.63, 3.8) is 0 Å². The van der Waals surface area contributed by atoms with E-state index >= 15 is 0 Å². The second-order valence-electron chi connectivity index (χ2n) is 6.48. The molecule has 1 fully saturated rings. The topological polar surface area (TPSA) is 56.7 Å². The number of benzene rings is 1. The highest BCUT2D eigenvalue weighted by atomic mass is 32.1. The Labute approximate surface area is 160 Å². The Bertz CT molecular complexity index is 733. The molecule has 0 spiro atoms. The summed E-state index contributed by atoms with van der Waals surface area (Å²) >= 11 is 1.51. The number of nitrogens with one attached hydrogen (secondary N) is 1. The van der Waals surface area contributed by atoms with Crippen molar-refractivity contribution in [3.8, 4) is 0 Å². The van der Waals surface area contributed by atoms with Gasteiger partial charge in [-0.1, -0.05) is 36.8 Å². The SMILES string of the molecule is CCNC(=NCc1cccc(C)c1)N1CCN(c2nc(CC)ns2)CC1. The number of hydrogen-bond donors (Lipinski definition) is 1. The fraction of sp³-hybridized carbons (Fsp3) is 0.526. The van der Waals surface area contributed by atoms with Crippen LogP contribution in [-0.2, 0) is 13.0 Å². The smallest absolute Gasteiger partial charge is 0.205 e. The molecule has 0 amide bonds. The summed E-state index contributed by atoms with van der Waals surface area (Å²) in [7, 11) is 0. The van der Waals surface area contributed by atoms with Crippen molar-refractivity contribution >= 4 is 22.6 Å². The first-order valence-corrected chi connectivity index (χ1v) is 10.1. The number of rotatable bonds is 5. The van der Waals surface area contributed by atoms with Crippen molar-refractivity contribution in [2.45, 2.75) is 33.7 Å². The maximum atomic E-state index is 4.85. The Morgan fingerprint density at radius 1 is 1.23 bits per heavy atom. The molecule has 1 N–H and O–H groups in total. The van der Waals surface area contributed by atoms with Gasteiger partial charge in [0.15, 0.2) is 5.96 Å². The lowest BCUT2D eigenvalue weighted by Gasteiger charge is -2.36. The number of piperazine rings is 1. The second-order valence-corrected chi connectivity index (χ2v) is 7.21. The standard InChI is InChI=1S/C19H28N6S/c1-4-17-22-19(26-23-17)25-11-9-24(10-12-25)18(20-5-2)21-14-16-8-6-7-15(3)13-16/h6-8,13H,4-5,9-12,14H2,1-3H3,(H,20,21). The molecule has 0 atom stereocenters. The highest BCUT2D eigenvalue weighted by molar-refractivity contribution is 7.09. The van der Waals surface area contributed by atoms with Crippen molar-refractivity contribution in [2.24, 2.45) is 4.99 Å². The molecule has 26 heavy (non-hydrogen) atoms. The van der Waals surface area contributed by atoms with Crippen molar-refractivity contribution in [3.05, 3.63) is 41.2 Å². The summed E-state index contributed by atoms with van der Waals surface area (Å²) in [4.78, 5) is 14.1. The van der Waals surface area contributed by atoms with Crippen LogP contribution in [-0.4, -0.2) is 52.9 Å². The molecule has 2 aromatic rings. The minimum atomic E-state index is 0.709. The molecule has 7 heteroatoms. The largest absolute Gasteiger partial charge is 0.357 e. The second kappa shape index (κ2) is 8.98. The minimum Gasteiger partial charge on any atom is -0.357 e. The molecule has 1 aromatic carbocycles. The van der Waals surface area contributed by atoms with Gasteiger partial charge in [-0.05, 0) is 19.4 Å². The Hall–Kier alpha value is -2.15. The molecule has 2 heterocycles. The van der Waals surface area contributed by atoms with E-state index in [4.69, 9.17) is 4.99 Å². The van der Waals surface area contributed by atoms with Crippen LogP contribution in [0.2, 0.25) is 0 Å². The zero-order valence-electron chi connectivity index (χ0n) is 15.9. The van der Waals surface area contributed by atoms with Crippen LogP contribution in [0.5, 0.6) is 0 Å².